The van der Waals surface area contributed by atoms with Crippen molar-refractivity contribution in [1.29, 1.82) is 0 Å². The normalized spacial score (nSPS) is 26.7. The van der Waals surface area contributed by atoms with Crippen molar-refractivity contribution in [2.45, 2.75) is 50.3 Å². The quantitative estimate of drug-likeness (QED) is 0.811. The van der Waals surface area contributed by atoms with Crippen LogP contribution in [0.4, 0.5) is 4.39 Å². The fourth-order valence-corrected chi connectivity index (χ4v) is 4.38. The second-order valence-electron chi connectivity index (χ2n) is 8.58. The monoisotopic (exact) mass is 410 g/mol. The molecule has 4 rings (SSSR count). The van der Waals surface area contributed by atoms with Crippen molar-refractivity contribution < 1.29 is 19.1 Å². The highest BCUT2D eigenvalue weighted by atomic mass is 19.1. The van der Waals surface area contributed by atoms with E-state index in [1.807, 2.05) is 35.2 Å². The Hall–Kier alpha value is -2.73. The van der Waals surface area contributed by atoms with Gasteiger partial charge in [-0.2, -0.15) is 0 Å². The lowest BCUT2D eigenvalue weighted by molar-refractivity contribution is -0.149. The summed E-state index contributed by atoms with van der Waals surface area (Å²) in [5, 5.41) is 14.2. The van der Waals surface area contributed by atoms with Gasteiger partial charge in [-0.05, 0) is 56.0 Å². The smallest absolute Gasteiger partial charge is 0.251 e. The number of amides is 2. The average molecular weight is 410 g/mol. The maximum atomic E-state index is 13.3. The molecule has 30 heavy (non-hydrogen) atoms. The van der Waals surface area contributed by atoms with Crippen LogP contribution in [0.25, 0.3) is 0 Å². The van der Waals surface area contributed by atoms with Gasteiger partial charge >= 0.3 is 0 Å². The van der Waals surface area contributed by atoms with Gasteiger partial charge in [-0.15, -0.1) is 0 Å². The van der Waals surface area contributed by atoms with Crippen LogP contribution in [0, 0.1) is 11.7 Å². The fourth-order valence-electron chi connectivity index (χ4n) is 4.38. The molecule has 1 heterocycles. The molecule has 2 amide bonds. The van der Waals surface area contributed by atoms with Gasteiger partial charge in [-0.1, -0.05) is 36.8 Å². The number of benzene rings is 2. The molecule has 6 heteroatoms. The van der Waals surface area contributed by atoms with E-state index < -0.39 is 29.4 Å². The summed E-state index contributed by atoms with van der Waals surface area (Å²) in [6, 6.07) is 13.6. The molecule has 0 spiro atoms. The van der Waals surface area contributed by atoms with Crippen LogP contribution in [0.1, 0.15) is 54.6 Å². The van der Waals surface area contributed by atoms with Crippen molar-refractivity contribution in [3.8, 4) is 0 Å². The van der Waals surface area contributed by atoms with Crippen LogP contribution in [0.15, 0.2) is 54.6 Å². The molecule has 2 N–H and O–H groups in total. The van der Waals surface area contributed by atoms with Crippen molar-refractivity contribution in [3.63, 3.8) is 0 Å². The van der Waals surface area contributed by atoms with Crippen LogP contribution in [0.5, 0.6) is 0 Å². The molecule has 2 fully saturated rings. The summed E-state index contributed by atoms with van der Waals surface area (Å²) in [7, 11) is 0. The summed E-state index contributed by atoms with van der Waals surface area (Å²) in [6.45, 7) is 2.13. The minimum absolute atomic E-state index is 0.0210. The number of hydrogen-bond acceptors (Lipinski definition) is 3. The Morgan fingerprint density at radius 2 is 1.77 bits per heavy atom. The lowest BCUT2D eigenvalue weighted by Crippen LogP contribution is -2.64. The molecule has 2 aromatic rings. The average Bonchev–Trinajstić information content (AvgIpc) is 2.69. The molecule has 0 aromatic heterocycles. The topological polar surface area (TPSA) is 69.6 Å². The summed E-state index contributed by atoms with van der Waals surface area (Å²) in [5.41, 5.74) is -0.0249. The Labute approximate surface area is 175 Å². The van der Waals surface area contributed by atoms with Crippen LogP contribution in [-0.2, 0) is 4.79 Å². The molecule has 3 atom stereocenters. The molecular weight excluding hydrogens is 383 g/mol. The van der Waals surface area contributed by atoms with Crippen molar-refractivity contribution in [3.05, 3.63) is 71.5 Å². The third kappa shape index (κ3) is 3.97. The third-order valence-electron chi connectivity index (χ3n) is 6.45. The largest absolute Gasteiger partial charge is 0.388 e. The summed E-state index contributed by atoms with van der Waals surface area (Å²) in [4.78, 5) is 27.9. The first kappa shape index (κ1) is 20.5. The minimum atomic E-state index is -1.20. The maximum absolute atomic E-state index is 13.3. The van der Waals surface area contributed by atoms with Crippen LogP contribution in [0.3, 0.4) is 0 Å². The molecule has 1 saturated heterocycles. The van der Waals surface area contributed by atoms with Crippen LogP contribution >= 0.6 is 0 Å². The van der Waals surface area contributed by atoms with Crippen LogP contribution < -0.4 is 5.32 Å². The Kier molecular flexibility index (Phi) is 5.60. The van der Waals surface area contributed by atoms with E-state index in [0.29, 0.717) is 18.5 Å². The molecule has 2 aromatic carbocycles. The standard InChI is InChI=1S/C24H27FN2O3/c1-24(30)14-15-27(23(29)18-8-5-9-18)20(16-6-3-2-4-7-16)21(24)26-22(28)17-10-12-19(25)13-11-17/h2-4,6-7,10-13,18,20-21,30H,5,8-9,14-15H2,1H3,(H,26,28)/t20-,21-,24+/m0/s1. The van der Waals surface area contributed by atoms with Gasteiger partial charge in [-0.3, -0.25) is 9.59 Å². The van der Waals surface area contributed by atoms with E-state index in [1.165, 1.54) is 24.3 Å². The van der Waals surface area contributed by atoms with Gasteiger partial charge in [-0.25, -0.2) is 4.39 Å². The Morgan fingerprint density at radius 1 is 1.10 bits per heavy atom. The number of halogens is 1. The molecule has 0 radical (unpaired) electrons. The fraction of sp³-hybridized carbons (Fsp3) is 0.417. The maximum Gasteiger partial charge on any atom is 0.251 e. The van der Waals surface area contributed by atoms with E-state index in [1.54, 1.807) is 6.92 Å². The van der Waals surface area contributed by atoms with E-state index in [-0.39, 0.29) is 11.8 Å². The molecule has 5 nitrogen and oxygen atoms in total. The molecule has 0 unspecified atom stereocenters. The summed E-state index contributed by atoms with van der Waals surface area (Å²) >= 11 is 0. The van der Waals surface area contributed by atoms with Gasteiger partial charge in [0.1, 0.15) is 5.82 Å². The van der Waals surface area contributed by atoms with Crippen molar-refractivity contribution in [2.24, 2.45) is 5.92 Å². The Balaban J connectivity index is 1.68. The zero-order valence-corrected chi connectivity index (χ0v) is 17.1. The van der Waals surface area contributed by atoms with E-state index >= 15 is 0 Å². The number of piperidine rings is 1. The van der Waals surface area contributed by atoms with E-state index in [9.17, 15) is 19.1 Å². The molecule has 2 aliphatic rings. The number of likely N-dealkylation sites (tertiary alicyclic amines) is 1. The number of carbonyl (C=O) groups excluding carboxylic acids is 2. The molecule has 1 saturated carbocycles. The number of nitrogens with one attached hydrogen (secondary N) is 1. The highest BCUT2D eigenvalue weighted by molar-refractivity contribution is 5.94. The second kappa shape index (κ2) is 8.19. The van der Waals surface area contributed by atoms with Crippen molar-refractivity contribution >= 4 is 11.8 Å². The summed E-state index contributed by atoms with van der Waals surface area (Å²) in [6.07, 6.45) is 3.20. The number of hydrogen-bond donors (Lipinski definition) is 2. The molecule has 0 bridgehead atoms. The molecular formula is C24H27FN2O3. The zero-order valence-electron chi connectivity index (χ0n) is 17.1. The van der Waals surface area contributed by atoms with Gasteiger partial charge in [0.05, 0.1) is 17.7 Å². The lowest BCUT2D eigenvalue weighted by atomic mass is 9.77. The number of carbonyl (C=O) groups is 2. The van der Waals surface area contributed by atoms with E-state index in [4.69, 9.17) is 0 Å². The third-order valence-corrected chi connectivity index (χ3v) is 6.45. The van der Waals surface area contributed by atoms with Crippen molar-refractivity contribution in [2.75, 3.05) is 6.54 Å². The van der Waals surface area contributed by atoms with Gasteiger partial charge in [0.25, 0.3) is 5.91 Å². The van der Waals surface area contributed by atoms with E-state index in [2.05, 4.69) is 5.32 Å². The molecule has 1 aliphatic carbocycles. The van der Waals surface area contributed by atoms with Crippen LogP contribution in [-0.4, -0.2) is 40.0 Å². The lowest BCUT2D eigenvalue weighted by Gasteiger charge is -2.50. The predicted molar refractivity (Wildman–Crippen MR) is 111 cm³/mol. The van der Waals surface area contributed by atoms with Crippen LogP contribution in [0.2, 0.25) is 0 Å². The van der Waals surface area contributed by atoms with Gasteiger partial charge in [0.2, 0.25) is 5.91 Å². The first-order valence-corrected chi connectivity index (χ1v) is 10.5. The minimum Gasteiger partial charge on any atom is -0.388 e. The Bertz CT molecular complexity index is 910. The molecule has 1 aliphatic heterocycles. The molecule has 158 valence electrons. The first-order chi connectivity index (χ1) is 14.4. The summed E-state index contributed by atoms with van der Waals surface area (Å²) in [5.74, 6) is -0.714. The SMILES string of the molecule is C[C@@]1(O)CCN(C(=O)C2CCC2)[C@@H](c2ccccc2)[C@@H]1NC(=O)c1ccc(F)cc1. The van der Waals surface area contributed by atoms with Crippen molar-refractivity contribution in [1.82, 2.24) is 10.2 Å². The summed E-state index contributed by atoms with van der Waals surface area (Å²) < 4.78 is 13.3. The Morgan fingerprint density at radius 3 is 2.37 bits per heavy atom. The van der Waals surface area contributed by atoms with Gasteiger partial charge in [0, 0.05) is 18.0 Å². The van der Waals surface area contributed by atoms with E-state index in [0.717, 1.165) is 24.8 Å². The first-order valence-electron chi connectivity index (χ1n) is 10.5. The predicted octanol–water partition coefficient (Wildman–Crippen LogP) is 3.45. The number of aliphatic hydroxyl groups is 1. The number of rotatable bonds is 4. The zero-order chi connectivity index (χ0) is 21.3. The highest BCUT2D eigenvalue weighted by Gasteiger charge is 2.49. The van der Waals surface area contributed by atoms with Gasteiger partial charge in [0.15, 0.2) is 0 Å². The second-order valence-corrected chi connectivity index (χ2v) is 8.58. The highest BCUT2D eigenvalue weighted by Crippen LogP contribution is 2.40. The number of nitrogens with zero attached hydrogens (tertiary/aromatic N) is 1. The van der Waals surface area contributed by atoms with Gasteiger partial charge < -0.3 is 15.3 Å².